The third-order valence-electron chi connectivity index (χ3n) is 5.36. The summed E-state index contributed by atoms with van der Waals surface area (Å²) in [6.07, 6.45) is 0. The minimum atomic E-state index is -1.21. The van der Waals surface area contributed by atoms with E-state index in [2.05, 4.69) is 5.32 Å². The molecule has 1 aliphatic heterocycles. The standard InChI is InChI=1S/C24H19F3N2O3/c1-29-13-16(14-10-11-17(25)20(12-14)32-15-6-3-2-4-7-15)21(24(29)31)23(30)28-19-9-5-8-18(26)22(19)27/h2-12,16,21H,13H2,1H3,(H,28,30)/t16-,21+/m1/s1. The van der Waals surface area contributed by atoms with Crippen LogP contribution in [0, 0.1) is 23.4 Å². The number of nitrogens with zero attached hydrogens (tertiary/aromatic N) is 1. The monoisotopic (exact) mass is 440 g/mol. The molecule has 1 heterocycles. The average molecular weight is 440 g/mol. The Balaban J connectivity index is 1.63. The van der Waals surface area contributed by atoms with E-state index >= 15 is 0 Å². The molecule has 5 nitrogen and oxygen atoms in total. The number of nitrogens with one attached hydrogen (secondary N) is 1. The molecule has 0 radical (unpaired) electrons. The van der Waals surface area contributed by atoms with E-state index in [1.165, 1.54) is 42.3 Å². The molecule has 8 heteroatoms. The van der Waals surface area contributed by atoms with Crippen molar-refractivity contribution in [1.82, 2.24) is 4.90 Å². The summed E-state index contributed by atoms with van der Waals surface area (Å²) in [5.74, 6) is -5.63. The summed E-state index contributed by atoms with van der Waals surface area (Å²) in [4.78, 5) is 27.0. The molecule has 3 aromatic carbocycles. The molecule has 1 saturated heterocycles. The number of likely N-dealkylation sites (tertiary alicyclic amines) is 1. The number of hydrogen-bond acceptors (Lipinski definition) is 3. The van der Waals surface area contributed by atoms with Gasteiger partial charge in [-0.25, -0.2) is 13.2 Å². The molecule has 0 aliphatic carbocycles. The first-order valence-corrected chi connectivity index (χ1v) is 9.87. The normalized spacial score (nSPS) is 18.0. The SMILES string of the molecule is CN1C[C@H](c2ccc(F)c(Oc3ccccc3)c2)[C@@H](C(=O)Nc2cccc(F)c2F)C1=O. The number of para-hydroxylation sites is 1. The average Bonchev–Trinajstić information content (AvgIpc) is 3.08. The predicted molar refractivity (Wildman–Crippen MR) is 112 cm³/mol. The van der Waals surface area contributed by atoms with Gasteiger partial charge in [0.05, 0.1) is 5.69 Å². The van der Waals surface area contributed by atoms with Crippen LogP contribution < -0.4 is 10.1 Å². The van der Waals surface area contributed by atoms with Gasteiger partial charge in [-0.15, -0.1) is 0 Å². The number of anilines is 1. The Bertz CT molecular complexity index is 1170. The van der Waals surface area contributed by atoms with Gasteiger partial charge in [-0.1, -0.05) is 30.3 Å². The number of carbonyl (C=O) groups excluding carboxylic acids is 2. The van der Waals surface area contributed by atoms with Gasteiger partial charge >= 0.3 is 0 Å². The number of rotatable bonds is 5. The van der Waals surface area contributed by atoms with Crippen molar-refractivity contribution in [2.24, 2.45) is 5.92 Å². The van der Waals surface area contributed by atoms with Gasteiger partial charge in [-0.05, 0) is 42.0 Å². The highest BCUT2D eigenvalue weighted by Gasteiger charge is 2.44. The van der Waals surface area contributed by atoms with Crippen molar-refractivity contribution >= 4 is 17.5 Å². The van der Waals surface area contributed by atoms with Crippen molar-refractivity contribution in [2.45, 2.75) is 5.92 Å². The molecule has 2 amide bonds. The van der Waals surface area contributed by atoms with Crippen molar-refractivity contribution < 1.29 is 27.5 Å². The van der Waals surface area contributed by atoms with E-state index in [4.69, 9.17) is 4.74 Å². The molecule has 164 valence electrons. The first-order chi connectivity index (χ1) is 15.3. The van der Waals surface area contributed by atoms with Gasteiger partial charge < -0.3 is 15.0 Å². The van der Waals surface area contributed by atoms with Crippen LogP contribution in [0.2, 0.25) is 0 Å². The van der Waals surface area contributed by atoms with Gasteiger partial charge in [0.1, 0.15) is 11.7 Å². The summed E-state index contributed by atoms with van der Waals surface area (Å²) in [5.41, 5.74) is 0.151. The Hall–Kier alpha value is -3.81. The van der Waals surface area contributed by atoms with Crippen LogP contribution in [-0.4, -0.2) is 30.3 Å². The van der Waals surface area contributed by atoms with Crippen LogP contribution in [0.4, 0.5) is 18.9 Å². The Morgan fingerprint density at radius 1 is 1.00 bits per heavy atom. The minimum absolute atomic E-state index is 0.0500. The summed E-state index contributed by atoms with van der Waals surface area (Å²) in [6.45, 7) is 0.193. The first kappa shape index (κ1) is 21.4. The number of halogens is 3. The molecule has 32 heavy (non-hydrogen) atoms. The van der Waals surface area contributed by atoms with Crippen LogP contribution in [0.1, 0.15) is 11.5 Å². The van der Waals surface area contributed by atoms with Crippen LogP contribution in [0.15, 0.2) is 66.7 Å². The third-order valence-corrected chi connectivity index (χ3v) is 5.36. The molecule has 0 unspecified atom stereocenters. The largest absolute Gasteiger partial charge is 0.454 e. The maximum Gasteiger partial charge on any atom is 0.237 e. The molecule has 2 atom stereocenters. The van der Waals surface area contributed by atoms with Gasteiger partial charge in [0, 0.05) is 19.5 Å². The molecule has 1 N–H and O–H groups in total. The molecular formula is C24H19F3N2O3. The second-order valence-corrected chi connectivity index (χ2v) is 7.50. The van der Waals surface area contributed by atoms with E-state index < -0.39 is 41.1 Å². The molecule has 1 aliphatic rings. The molecule has 0 bridgehead atoms. The van der Waals surface area contributed by atoms with Crippen LogP contribution in [-0.2, 0) is 9.59 Å². The number of ether oxygens (including phenoxy) is 1. The fraction of sp³-hybridized carbons (Fsp3) is 0.167. The zero-order chi connectivity index (χ0) is 22.8. The van der Waals surface area contributed by atoms with E-state index in [0.29, 0.717) is 11.3 Å². The summed E-state index contributed by atoms with van der Waals surface area (Å²) >= 11 is 0. The number of benzene rings is 3. The lowest BCUT2D eigenvalue weighted by atomic mass is 9.87. The second-order valence-electron chi connectivity index (χ2n) is 7.50. The Labute approximate surface area is 182 Å². The molecule has 1 fully saturated rings. The Morgan fingerprint density at radius 3 is 2.50 bits per heavy atom. The highest BCUT2D eigenvalue weighted by molar-refractivity contribution is 6.08. The summed E-state index contributed by atoms with van der Waals surface area (Å²) < 4.78 is 47.5. The predicted octanol–water partition coefficient (Wildman–Crippen LogP) is 4.71. The van der Waals surface area contributed by atoms with Crippen molar-refractivity contribution in [2.75, 3.05) is 18.9 Å². The van der Waals surface area contributed by atoms with Gasteiger partial charge in [-0.3, -0.25) is 9.59 Å². The topological polar surface area (TPSA) is 58.6 Å². The van der Waals surface area contributed by atoms with Crippen molar-refractivity contribution in [3.05, 3.63) is 89.7 Å². The van der Waals surface area contributed by atoms with E-state index in [1.807, 2.05) is 0 Å². The molecule has 0 aromatic heterocycles. The molecule has 4 rings (SSSR count). The first-order valence-electron chi connectivity index (χ1n) is 9.87. The maximum absolute atomic E-state index is 14.4. The Morgan fingerprint density at radius 2 is 1.75 bits per heavy atom. The van der Waals surface area contributed by atoms with Crippen molar-refractivity contribution in [3.8, 4) is 11.5 Å². The van der Waals surface area contributed by atoms with Gasteiger partial charge in [0.25, 0.3) is 0 Å². The van der Waals surface area contributed by atoms with E-state index in [1.54, 1.807) is 30.3 Å². The van der Waals surface area contributed by atoms with Crippen LogP contribution in [0.25, 0.3) is 0 Å². The molecular weight excluding hydrogens is 421 g/mol. The van der Waals surface area contributed by atoms with Gasteiger partial charge in [0.15, 0.2) is 23.2 Å². The van der Waals surface area contributed by atoms with Gasteiger partial charge in [0.2, 0.25) is 11.8 Å². The fourth-order valence-corrected chi connectivity index (χ4v) is 3.75. The number of carbonyl (C=O) groups is 2. The lowest BCUT2D eigenvalue weighted by Gasteiger charge is -2.18. The molecule has 0 spiro atoms. The lowest BCUT2D eigenvalue weighted by molar-refractivity contribution is -0.135. The lowest BCUT2D eigenvalue weighted by Crippen LogP contribution is -2.33. The zero-order valence-corrected chi connectivity index (χ0v) is 17.0. The molecule has 0 saturated carbocycles. The molecule has 3 aromatic rings. The summed E-state index contributed by atoms with van der Waals surface area (Å²) in [6, 6.07) is 16.1. The number of hydrogen-bond donors (Lipinski definition) is 1. The third kappa shape index (κ3) is 4.16. The maximum atomic E-state index is 14.4. The second kappa shape index (κ2) is 8.74. The highest BCUT2D eigenvalue weighted by Crippen LogP contribution is 2.37. The van der Waals surface area contributed by atoms with Gasteiger partial charge in [-0.2, -0.15) is 0 Å². The Kier molecular flexibility index (Phi) is 5.85. The van der Waals surface area contributed by atoms with Crippen LogP contribution in [0.3, 0.4) is 0 Å². The minimum Gasteiger partial charge on any atom is -0.454 e. The zero-order valence-electron chi connectivity index (χ0n) is 17.0. The van der Waals surface area contributed by atoms with E-state index in [-0.39, 0.29) is 18.0 Å². The number of likely N-dealkylation sites (N-methyl/N-ethyl adjacent to an activating group) is 1. The van der Waals surface area contributed by atoms with Crippen LogP contribution >= 0.6 is 0 Å². The van der Waals surface area contributed by atoms with E-state index in [0.717, 1.165) is 6.07 Å². The van der Waals surface area contributed by atoms with Crippen molar-refractivity contribution in [3.63, 3.8) is 0 Å². The van der Waals surface area contributed by atoms with Crippen LogP contribution in [0.5, 0.6) is 11.5 Å². The quantitative estimate of drug-likeness (QED) is 0.585. The summed E-state index contributed by atoms with van der Waals surface area (Å²) in [7, 11) is 1.54. The highest BCUT2D eigenvalue weighted by atomic mass is 19.2. The fourth-order valence-electron chi connectivity index (χ4n) is 3.75. The van der Waals surface area contributed by atoms with E-state index in [9.17, 15) is 22.8 Å². The number of amides is 2. The smallest absolute Gasteiger partial charge is 0.237 e. The van der Waals surface area contributed by atoms with Crippen molar-refractivity contribution in [1.29, 1.82) is 0 Å². The summed E-state index contributed by atoms with van der Waals surface area (Å²) in [5, 5.41) is 2.30.